The van der Waals surface area contributed by atoms with E-state index in [-0.39, 0.29) is 11.9 Å². The van der Waals surface area contributed by atoms with Gasteiger partial charge < -0.3 is 10.1 Å². The van der Waals surface area contributed by atoms with Crippen LogP contribution in [0.1, 0.15) is 18.9 Å². The number of benzene rings is 1. The highest BCUT2D eigenvalue weighted by Gasteiger charge is 2.14. The summed E-state index contributed by atoms with van der Waals surface area (Å²) in [4.78, 5) is 0. The van der Waals surface area contributed by atoms with Gasteiger partial charge in [-0.25, -0.2) is 4.39 Å². The summed E-state index contributed by atoms with van der Waals surface area (Å²) in [5.41, 5.74) is 0.744. The van der Waals surface area contributed by atoms with Gasteiger partial charge in [-0.05, 0) is 49.6 Å². The highest BCUT2D eigenvalue weighted by atomic mass is 79.9. The third-order valence-electron chi connectivity index (χ3n) is 3.02. The zero-order chi connectivity index (χ0) is 13.5. The molecule has 0 amide bonds. The molecule has 0 radical (unpaired) electrons. The number of hydrogen-bond donors (Lipinski definition) is 1. The third kappa shape index (κ3) is 5.04. The molecule has 1 rings (SSSR count). The molecule has 0 bridgehead atoms. The van der Waals surface area contributed by atoms with Crippen LogP contribution in [0.3, 0.4) is 0 Å². The highest BCUT2D eigenvalue weighted by Crippen LogP contribution is 2.19. The Hall–Kier alpha value is -0.450. The molecular formula is C14H21BrFNO. The minimum Gasteiger partial charge on any atom is -0.384 e. The van der Waals surface area contributed by atoms with Crippen LogP contribution in [0.4, 0.5) is 4.39 Å². The van der Waals surface area contributed by atoms with Crippen LogP contribution in [-0.4, -0.2) is 26.8 Å². The number of methoxy groups -OCH3 is 1. The van der Waals surface area contributed by atoms with Gasteiger partial charge in [0.1, 0.15) is 5.82 Å². The fraction of sp³-hybridized carbons (Fsp3) is 0.571. The number of halogens is 2. The predicted molar refractivity (Wildman–Crippen MR) is 76.3 cm³/mol. The Morgan fingerprint density at radius 3 is 2.78 bits per heavy atom. The first kappa shape index (κ1) is 15.6. The molecule has 4 heteroatoms. The Morgan fingerprint density at radius 1 is 1.44 bits per heavy atom. The second kappa shape index (κ2) is 7.87. The number of nitrogens with one attached hydrogen (secondary N) is 1. The van der Waals surface area contributed by atoms with Gasteiger partial charge in [0.2, 0.25) is 0 Å². The van der Waals surface area contributed by atoms with E-state index in [1.807, 2.05) is 13.1 Å². The highest BCUT2D eigenvalue weighted by molar-refractivity contribution is 9.10. The lowest BCUT2D eigenvalue weighted by Gasteiger charge is -2.20. The summed E-state index contributed by atoms with van der Waals surface area (Å²) < 4.78 is 19.7. The van der Waals surface area contributed by atoms with Crippen molar-refractivity contribution in [3.05, 3.63) is 34.1 Å². The van der Waals surface area contributed by atoms with Crippen LogP contribution < -0.4 is 5.32 Å². The molecule has 2 atom stereocenters. The van der Waals surface area contributed by atoms with Crippen molar-refractivity contribution in [2.75, 3.05) is 20.8 Å². The average Bonchev–Trinajstić information content (AvgIpc) is 2.33. The minimum atomic E-state index is -0.141. The molecule has 2 unspecified atom stereocenters. The first-order valence-corrected chi connectivity index (χ1v) is 6.96. The maximum Gasteiger partial charge on any atom is 0.126 e. The Kier molecular flexibility index (Phi) is 6.82. The van der Waals surface area contributed by atoms with Crippen LogP contribution in [0.25, 0.3) is 0 Å². The Labute approximate surface area is 117 Å². The monoisotopic (exact) mass is 317 g/mol. The number of ether oxygens (including phenoxy) is 1. The molecule has 1 aromatic rings. The molecule has 0 saturated heterocycles. The van der Waals surface area contributed by atoms with Gasteiger partial charge in [0.05, 0.1) is 0 Å². The van der Waals surface area contributed by atoms with Crippen molar-refractivity contribution >= 4 is 15.9 Å². The van der Waals surface area contributed by atoms with E-state index in [9.17, 15) is 4.39 Å². The molecule has 0 aliphatic rings. The Morgan fingerprint density at radius 2 is 2.17 bits per heavy atom. The minimum absolute atomic E-state index is 0.141. The molecule has 18 heavy (non-hydrogen) atoms. The second-order valence-electron chi connectivity index (χ2n) is 4.72. The van der Waals surface area contributed by atoms with Gasteiger partial charge in [0, 0.05) is 24.2 Å². The predicted octanol–water partition coefficient (Wildman–Crippen LogP) is 3.39. The van der Waals surface area contributed by atoms with Crippen LogP contribution >= 0.6 is 15.9 Å². The zero-order valence-corrected chi connectivity index (χ0v) is 12.8. The van der Waals surface area contributed by atoms with E-state index in [0.717, 1.165) is 23.1 Å². The molecule has 0 aliphatic heterocycles. The van der Waals surface area contributed by atoms with Gasteiger partial charge in [-0.1, -0.05) is 22.9 Å². The van der Waals surface area contributed by atoms with Crippen molar-refractivity contribution in [1.82, 2.24) is 5.32 Å². The number of hydrogen-bond acceptors (Lipinski definition) is 2. The van der Waals surface area contributed by atoms with E-state index in [1.54, 1.807) is 13.2 Å². The summed E-state index contributed by atoms with van der Waals surface area (Å²) in [5.74, 6) is 0.320. The second-order valence-corrected chi connectivity index (χ2v) is 5.64. The van der Waals surface area contributed by atoms with Gasteiger partial charge in [-0.15, -0.1) is 0 Å². The normalized spacial score (nSPS) is 14.5. The van der Waals surface area contributed by atoms with Gasteiger partial charge >= 0.3 is 0 Å². The van der Waals surface area contributed by atoms with Gasteiger partial charge in [0.15, 0.2) is 0 Å². The van der Waals surface area contributed by atoms with Crippen molar-refractivity contribution in [3.63, 3.8) is 0 Å². The molecule has 2 nitrogen and oxygen atoms in total. The molecular weight excluding hydrogens is 297 g/mol. The number of rotatable bonds is 7. The number of likely N-dealkylation sites (N-methyl/N-ethyl adjacent to an activating group) is 1. The fourth-order valence-corrected chi connectivity index (χ4v) is 2.52. The summed E-state index contributed by atoms with van der Waals surface area (Å²) in [6, 6.07) is 5.34. The zero-order valence-electron chi connectivity index (χ0n) is 11.2. The van der Waals surface area contributed by atoms with Gasteiger partial charge in [-0.3, -0.25) is 0 Å². The Balaban J connectivity index is 2.64. The summed E-state index contributed by atoms with van der Waals surface area (Å²) >= 11 is 3.38. The molecule has 102 valence electrons. The molecule has 0 saturated carbocycles. The van der Waals surface area contributed by atoms with Gasteiger partial charge in [0.25, 0.3) is 0 Å². The quantitative estimate of drug-likeness (QED) is 0.832. The lowest BCUT2D eigenvalue weighted by molar-refractivity contribution is 0.150. The first-order chi connectivity index (χ1) is 8.56. The average molecular weight is 318 g/mol. The smallest absolute Gasteiger partial charge is 0.126 e. The van der Waals surface area contributed by atoms with Crippen LogP contribution in [-0.2, 0) is 11.2 Å². The fourth-order valence-electron chi connectivity index (χ4n) is 2.11. The van der Waals surface area contributed by atoms with E-state index in [0.29, 0.717) is 12.3 Å². The summed E-state index contributed by atoms with van der Waals surface area (Å²) in [6.07, 6.45) is 1.66. The Bertz CT molecular complexity index is 373. The molecule has 0 fully saturated rings. The maximum absolute atomic E-state index is 13.7. The summed E-state index contributed by atoms with van der Waals surface area (Å²) in [5, 5.41) is 3.25. The third-order valence-corrected chi connectivity index (χ3v) is 3.51. The van der Waals surface area contributed by atoms with Crippen LogP contribution in [0, 0.1) is 11.7 Å². The summed E-state index contributed by atoms with van der Waals surface area (Å²) in [6.45, 7) is 2.88. The first-order valence-electron chi connectivity index (χ1n) is 6.17. The van der Waals surface area contributed by atoms with E-state index in [2.05, 4.69) is 28.2 Å². The lowest BCUT2D eigenvalue weighted by Crippen LogP contribution is -2.30. The summed E-state index contributed by atoms with van der Waals surface area (Å²) in [7, 11) is 3.62. The molecule has 1 aromatic carbocycles. The van der Waals surface area contributed by atoms with Crippen LogP contribution in [0.15, 0.2) is 22.7 Å². The largest absolute Gasteiger partial charge is 0.384 e. The van der Waals surface area contributed by atoms with E-state index in [4.69, 9.17) is 4.74 Å². The van der Waals surface area contributed by atoms with Crippen molar-refractivity contribution < 1.29 is 9.13 Å². The van der Waals surface area contributed by atoms with Crippen molar-refractivity contribution in [2.24, 2.45) is 5.92 Å². The van der Waals surface area contributed by atoms with Crippen molar-refractivity contribution in [3.8, 4) is 0 Å². The van der Waals surface area contributed by atoms with Crippen LogP contribution in [0.2, 0.25) is 0 Å². The van der Waals surface area contributed by atoms with E-state index in [1.165, 1.54) is 6.07 Å². The van der Waals surface area contributed by atoms with Crippen molar-refractivity contribution in [2.45, 2.75) is 25.8 Å². The van der Waals surface area contributed by atoms with Gasteiger partial charge in [-0.2, -0.15) is 0 Å². The van der Waals surface area contributed by atoms with Crippen molar-refractivity contribution in [1.29, 1.82) is 0 Å². The van der Waals surface area contributed by atoms with E-state index >= 15 is 0 Å². The molecule has 0 spiro atoms. The molecule has 0 aliphatic carbocycles. The van der Waals surface area contributed by atoms with Crippen LogP contribution in [0.5, 0.6) is 0 Å². The lowest BCUT2D eigenvalue weighted by atomic mass is 9.96. The maximum atomic E-state index is 13.7. The molecule has 1 N–H and O–H groups in total. The SMILES string of the molecule is CNC(Cc1cc(Br)ccc1F)CC(C)COC. The topological polar surface area (TPSA) is 21.3 Å². The van der Waals surface area contributed by atoms with E-state index < -0.39 is 0 Å². The molecule has 0 heterocycles. The standard InChI is InChI=1S/C14H21BrFNO/c1-10(9-18-3)6-13(17-2)8-11-7-12(15)4-5-14(11)16/h4-5,7,10,13,17H,6,8-9H2,1-3H3. The molecule has 0 aromatic heterocycles.